The topological polar surface area (TPSA) is 38.9 Å². The maximum Gasteiger partial charge on any atom is 0.0447 e. The first-order valence-electron chi connectivity index (χ1n) is 7.01. The summed E-state index contributed by atoms with van der Waals surface area (Å²) in [7, 11) is 0. The van der Waals surface area contributed by atoms with Crippen LogP contribution in [-0.2, 0) is 12.8 Å². The summed E-state index contributed by atoms with van der Waals surface area (Å²) in [5.41, 5.74) is 10.9. The smallest absolute Gasteiger partial charge is 0.0447 e. The van der Waals surface area contributed by atoms with Gasteiger partial charge < -0.3 is 5.73 Å². The van der Waals surface area contributed by atoms with Gasteiger partial charge in [0.2, 0.25) is 0 Å². The first-order valence-corrected chi connectivity index (χ1v) is 7.01. The quantitative estimate of drug-likeness (QED) is 0.884. The van der Waals surface area contributed by atoms with Crippen molar-refractivity contribution in [2.45, 2.75) is 39.2 Å². The van der Waals surface area contributed by atoms with E-state index in [4.69, 9.17) is 5.73 Å². The van der Waals surface area contributed by atoms with Gasteiger partial charge in [0, 0.05) is 24.4 Å². The van der Waals surface area contributed by atoms with Crippen molar-refractivity contribution in [1.82, 2.24) is 4.98 Å². The number of nitrogens with zero attached hydrogens (tertiary/aromatic N) is 1. The minimum Gasteiger partial charge on any atom is -0.324 e. The highest BCUT2D eigenvalue weighted by Gasteiger charge is 2.03. The molecule has 0 bridgehead atoms. The Bertz CT molecular complexity index is 500. The largest absolute Gasteiger partial charge is 0.324 e. The van der Waals surface area contributed by atoms with Gasteiger partial charge >= 0.3 is 0 Å². The van der Waals surface area contributed by atoms with Crippen molar-refractivity contribution < 1.29 is 0 Å². The zero-order chi connectivity index (χ0) is 13.7. The molecule has 0 radical (unpaired) electrons. The molecule has 1 aromatic heterocycles. The second-order valence-corrected chi connectivity index (χ2v) is 4.94. The fraction of sp³-hybridized carbons (Fsp3) is 0.353. The number of aromatic nitrogens is 1. The van der Waals surface area contributed by atoms with Crippen LogP contribution in [0.5, 0.6) is 0 Å². The zero-order valence-electron chi connectivity index (χ0n) is 11.8. The molecule has 0 saturated heterocycles. The molecule has 0 aliphatic carbocycles. The van der Waals surface area contributed by atoms with Crippen LogP contribution in [0.15, 0.2) is 42.6 Å². The highest BCUT2D eigenvalue weighted by atomic mass is 14.7. The van der Waals surface area contributed by atoms with E-state index in [1.165, 1.54) is 16.7 Å². The van der Waals surface area contributed by atoms with E-state index in [1.807, 2.05) is 6.20 Å². The Hall–Kier alpha value is -1.67. The molecule has 1 unspecified atom stereocenters. The van der Waals surface area contributed by atoms with Crippen molar-refractivity contribution in [2.24, 2.45) is 5.73 Å². The average Bonchev–Trinajstić information content (AvgIpc) is 2.48. The van der Waals surface area contributed by atoms with Crippen LogP contribution < -0.4 is 5.73 Å². The lowest BCUT2D eigenvalue weighted by Gasteiger charge is -2.10. The Morgan fingerprint density at radius 3 is 2.21 bits per heavy atom. The number of pyridine rings is 1. The van der Waals surface area contributed by atoms with Crippen LogP contribution in [0.25, 0.3) is 0 Å². The summed E-state index contributed by atoms with van der Waals surface area (Å²) in [4.78, 5) is 4.49. The number of hydrogen-bond donors (Lipinski definition) is 1. The van der Waals surface area contributed by atoms with Gasteiger partial charge in [-0.3, -0.25) is 4.98 Å². The maximum absolute atomic E-state index is 6.02. The maximum atomic E-state index is 6.02. The monoisotopic (exact) mass is 254 g/mol. The van der Waals surface area contributed by atoms with Gasteiger partial charge in [-0.05, 0) is 35.6 Å². The highest BCUT2D eigenvalue weighted by Crippen LogP contribution is 2.16. The molecule has 0 aliphatic heterocycles. The van der Waals surface area contributed by atoms with Crippen molar-refractivity contribution in [2.75, 3.05) is 0 Å². The van der Waals surface area contributed by atoms with E-state index in [-0.39, 0.29) is 6.04 Å². The third-order valence-corrected chi connectivity index (χ3v) is 3.53. The Labute approximate surface area is 115 Å². The minimum atomic E-state index is 0.149. The molecule has 0 saturated carbocycles. The van der Waals surface area contributed by atoms with E-state index in [0.717, 1.165) is 25.0 Å². The van der Waals surface area contributed by atoms with Gasteiger partial charge in [-0.2, -0.15) is 0 Å². The Morgan fingerprint density at radius 2 is 1.68 bits per heavy atom. The summed E-state index contributed by atoms with van der Waals surface area (Å²) in [5, 5.41) is 0. The van der Waals surface area contributed by atoms with E-state index in [1.54, 1.807) is 0 Å². The van der Waals surface area contributed by atoms with Crippen molar-refractivity contribution in [3.05, 3.63) is 65.0 Å². The molecule has 0 spiro atoms. The zero-order valence-corrected chi connectivity index (χ0v) is 11.8. The molecule has 19 heavy (non-hydrogen) atoms. The van der Waals surface area contributed by atoms with Crippen LogP contribution in [0.1, 0.15) is 48.7 Å². The van der Waals surface area contributed by atoms with Gasteiger partial charge in [-0.15, -0.1) is 0 Å². The predicted octanol–water partition coefficient (Wildman–Crippen LogP) is 3.64. The molecule has 2 N–H and O–H groups in total. The summed E-state index contributed by atoms with van der Waals surface area (Å²) in [6.45, 7) is 4.25. The molecule has 1 heterocycles. The number of nitrogens with two attached hydrogens (primary N) is 1. The molecule has 0 aliphatic rings. The van der Waals surface area contributed by atoms with Crippen molar-refractivity contribution in [3.8, 4) is 0 Å². The number of aryl methyl sites for hydroxylation is 1. The van der Waals surface area contributed by atoms with Crippen molar-refractivity contribution in [1.29, 1.82) is 0 Å². The first-order chi connectivity index (χ1) is 9.22. The van der Waals surface area contributed by atoms with Crippen LogP contribution in [-0.4, -0.2) is 4.98 Å². The SMILES string of the molecule is CCc1ccc(Cc2ccc(C(N)CC)cc2)nc1. The number of hydrogen-bond acceptors (Lipinski definition) is 2. The summed E-state index contributed by atoms with van der Waals surface area (Å²) in [5.74, 6) is 0. The van der Waals surface area contributed by atoms with Crippen LogP contribution >= 0.6 is 0 Å². The fourth-order valence-electron chi connectivity index (χ4n) is 2.10. The lowest BCUT2D eigenvalue weighted by molar-refractivity contribution is 0.698. The number of benzene rings is 1. The molecule has 1 atom stereocenters. The second kappa shape index (κ2) is 6.48. The van der Waals surface area contributed by atoms with Gasteiger partial charge in [0.1, 0.15) is 0 Å². The first kappa shape index (κ1) is 13.8. The normalized spacial score (nSPS) is 12.4. The van der Waals surface area contributed by atoms with Crippen LogP contribution in [0.2, 0.25) is 0 Å². The van der Waals surface area contributed by atoms with Gasteiger partial charge in [0.25, 0.3) is 0 Å². The Balaban J connectivity index is 2.06. The molecule has 2 aromatic rings. The van der Waals surface area contributed by atoms with Gasteiger partial charge in [0.15, 0.2) is 0 Å². The Morgan fingerprint density at radius 1 is 1.00 bits per heavy atom. The van der Waals surface area contributed by atoms with E-state index < -0.39 is 0 Å². The minimum absolute atomic E-state index is 0.149. The summed E-state index contributed by atoms with van der Waals surface area (Å²) < 4.78 is 0. The second-order valence-electron chi connectivity index (χ2n) is 4.94. The molecule has 2 rings (SSSR count). The fourth-order valence-corrected chi connectivity index (χ4v) is 2.10. The molecular formula is C17H22N2. The average molecular weight is 254 g/mol. The van der Waals surface area contributed by atoms with Crippen LogP contribution in [0.4, 0.5) is 0 Å². The molecule has 2 heteroatoms. The van der Waals surface area contributed by atoms with Crippen molar-refractivity contribution in [3.63, 3.8) is 0 Å². The lowest BCUT2D eigenvalue weighted by Crippen LogP contribution is -2.08. The number of rotatable bonds is 5. The molecule has 2 nitrogen and oxygen atoms in total. The summed E-state index contributed by atoms with van der Waals surface area (Å²) >= 11 is 0. The predicted molar refractivity (Wildman–Crippen MR) is 80.1 cm³/mol. The lowest BCUT2D eigenvalue weighted by atomic mass is 10.0. The molecular weight excluding hydrogens is 232 g/mol. The van der Waals surface area contributed by atoms with Gasteiger partial charge in [-0.1, -0.05) is 44.2 Å². The van der Waals surface area contributed by atoms with Gasteiger partial charge in [0.05, 0.1) is 0 Å². The van der Waals surface area contributed by atoms with E-state index >= 15 is 0 Å². The summed E-state index contributed by atoms with van der Waals surface area (Å²) in [6, 6.07) is 13.0. The van der Waals surface area contributed by atoms with E-state index in [2.05, 4.69) is 55.2 Å². The summed E-state index contributed by atoms with van der Waals surface area (Å²) in [6.07, 6.45) is 4.86. The van der Waals surface area contributed by atoms with Crippen LogP contribution in [0, 0.1) is 0 Å². The third kappa shape index (κ3) is 3.65. The molecule has 0 amide bonds. The van der Waals surface area contributed by atoms with Crippen molar-refractivity contribution >= 4 is 0 Å². The van der Waals surface area contributed by atoms with Gasteiger partial charge in [-0.25, -0.2) is 0 Å². The van der Waals surface area contributed by atoms with E-state index in [9.17, 15) is 0 Å². The third-order valence-electron chi connectivity index (χ3n) is 3.53. The van der Waals surface area contributed by atoms with Crippen LogP contribution in [0.3, 0.4) is 0 Å². The Kier molecular flexibility index (Phi) is 4.69. The highest BCUT2D eigenvalue weighted by molar-refractivity contribution is 5.28. The molecule has 1 aromatic carbocycles. The standard InChI is InChI=1S/C17H22N2/c1-3-13-7-10-16(19-12-13)11-14-5-8-15(9-6-14)17(18)4-2/h5-10,12,17H,3-4,11,18H2,1-2H3. The molecule has 100 valence electrons. The van der Waals surface area contributed by atoms with E-state index in [0.29, 0.717) is 0 Å². The molecule has 0 fully saturated rings.